The highest BCUT2D eigenvalue weighted by Gasteiger charge is 2.15. The quantitative estimate of drug-likeness (QED) is 0.238. The predicted octanol–water partition coefficient (Wildman–Crippen LogP) is 5.57. The van der Waals surface area contributed by atoms with Crippen molar-refractivity contribution in [3.63, 3.8) is 0 Å². The van der Waals surface area contributed by atoms with Crippen LogP contribution < -0.4 is 38.5 Å². The fourth-order valence-electron chi connectivity index (χ4n) is 3.87. The molecule has 3 aromatic rings. The van der Waals surface area contributed by atoms with Crippen molar-refractivity contribution in [1.29, 1.82) is 0 Å². The molecule has 0 bridgehead atoms. The molecule has 0 heterocycles. The van der Waals surface area contributed by atoms with E-state index in [1.807, 2.05) is 36.4 Å². The van der Waals surface area contributed by atoms with Crippen LogP contribution >= 0.6 is 0 Å². The lowest BCUT2D eigenvalue weighted by atomic mass is 10.1. The third-order valence-corrected chi connectivity index (χ3v) is 5.75. The van der Waals surface area contributed by atoms with Gasteiger partial charge in [0, 0.05) is 6.08 Å². The minimum absolute atomic E-state index is 0.351. The number of hydrogen-bond donors (Lipinski definition) is 1. The van der Waals surface area contributed by atoms with E-state index in [1.54, 1.807) is 59.8 Å². The molecule has 0 atom stereocenters. The van der Waals surface area contributed by atoms with Crippen molar-refractivity contribution >= 4 is 29.8 Å². The maximum atomic E-state index is 12.8. The molecule has 9 heteroatoms. The van der Waals surface area contributed by atoms with Crippen molar-refractivity contribution in [3.05, 3.63) is 65.2 Å². The third-order valence-electron chi connectivity index (χ3n) is 5.75. The van der Waals surface area contributed by atoms with E-state index in [2.05, 4.69) is 5.32 Å². The van der Waals surface area contributed by atoms with Crippen LogP contribution in [0.5, 0.6) is 40.2 Å². The van der Waals surface area contributed by atoms with E-state index in [0.29, 0.717) is 45.9 Å². The third kappa shape index (κ3) is 6.95. The summed E-state index contributed by atoms with van der Waals surface area (Å²) in [7, 11) is 10.8. The molecule has 0 aromatic heterocycles. The van der Waals surface area contributed by atoms with Gasteiger partial charge in [-0.3, -0.25) is 4.79 Å². The summed E-state index contributed by atoms with van der Waals surface area (Å²) in [4.78, 5) is 12.8. The Morgan fingerprint density at radius 1 is 0.538 bits per heavy atom. The number of ether oxygens (including phenoxy) is 7. The lowest BCUT2D eigenvalue weighted by molar-refractivity contribution is -0.111. The van der Waals surface area contributed by atoms with Gasteiger partial charge in [0.15, 0.2) is 34.5 Å². The molecule has 3 aromatic carbocycles. The van der Waals surface area contributed by atoms with E-state index in [-0.39, 0.29) is 5.91 Å². The van der Waals surface area contributed by atoms with Crippen molar-refractivity contribution in [2.24, 2.45) is 0 Å². The van der Waals surface area contributed by atoms with Crippen LogP contribution in [-0.2, 0) is 4.79 Å². The second-order valence-corrected chi connectivity index (χ2v) is 8.03. The van der Waals surface area contributed by atoms with Gasteiger partial charge >= 0.3 is 0 Å². The van der Waals surface area contributed by atoms with E-state index in [0.717, 1.165) is 16.7 Å². The first-order valence-corrected chi connectivity index (χ1v) is 11.9. The Bertz CT molecular complexity index is 1340. The molecule has 0 saturated heterocycles. The molecular weight excluding hydrogens is 502 g/mol. The minimum atomic E-state index is -0.351. The van der Waals surface area contributed by atoms with E-state index in [9.17, 15) is 4.79 Å². The molecule has 0 radical (unpaired) electrons. The molecule has 0 spiro atoms. The van der Waals surface area contributed by atoms with E-state index in [1.165, 1.54) is 20.3 Å². The Hall–Kier alpha value is -4.79. The average molecular weight is 536 g/mol. The van der Waals surface area contributed by atoms with Gasteiger partial charge in [-0.25, -0.2) is 0 Å². The van der Waals surface area contributed by atoms with E-state index in [4.69, 9.17) is 33.2 Å². The van der Waals surface area contributed by atoms with Crippen molar-refractivity contribution in [1.82, 2.24) is 0 Å². The summed E-state index contributed by atoms with van der Waals surface area (Å²) in [6, 6.07) is 12.6. The molecule has 3 rings (SSSR count). The van der Waals surface area contributed by atoms with Crippen LogP contribution in [0.4, 0.5) is 5.69 Å². The number of nitrogens with one attached hydrogen (secondary N) is 1. The molecule has 0 aliphatic rings. The van der Waals surface area contributed by atoms with Crippen LogP contribution in [0.1, 0.15) is 16.7 Å². The molecule has 1 N–H and O–H groups in total. The number of carbonyl (C=O) groups excluding carboxylic acids is 1. The van der Waals surface area contributed by atoms with Gasteiger partial charge in [0.25, 0.3) is 0 Å². The topological polar surface area (TPSA) is 93.7 Å². The number of anilines is 1. The number of carbonyl (C=O) groups is 1. The number of amides is 1. The second-order valence-electron chi connectivity index (χ2n) is 8.03. The highest BCUT2D eigenvalue weighted by atomic mass is 16.5. The van der Waals surface area contributed by atoms with Crippen LogP contribution in [0, 0.1) is 0 Å². The van der Waals surface area contributed by atoms with Gasteiger partial charge < -0.3 is 38.5 Å². The fourth-order valence-corrected chi connectivity index (χ4v) is 3.87. The van der Waals surface area contributed by atoms with Crippen molar-refractivity contribution in [2.45, 2.75) is 0 Å². The Morgan fingerprint density at radius 3 is 1.54 bits per heavy atom. The molecule has 9 nitrogen and oxygen atoms in total. The number of rotatable bonds is 12. The van der Waals surface area contributed by atoms with Gasteiger partial charge in [0.1, 0.15) is 0 Å². The van der Waals surface area contributed by atoms with Crippen LogP contribution in [0.15, 0.2) is 48.5 Å². The van der Waals surface area contributed by atoms with Gasteiger partial charge in [-0.05, 0) is 59.2 Å². The summed E-state index contributed by atoms with van der Waals surface area (Å²) < 4.78 is 37.9. The predicted molar refractivity (Wildman–Crippen MR) is 152 cm³/mol. The Labute approximate surface area is 228 Å². The molecule has 0 fully saturated rings. The summed E-state index contributed by atoms with van der Waals surface area (Å²) in [5.74, 6) is 3.27. The molecule has 39 heavy (non-hydrogen) atoms. The molecule has 1 amide bonds. The van der Waals surface area contributed by atoms with Gasteiger partial charge in [-0.15, -0.1) is 0 Å². The molecule has 0 saturated carbocycles. The summed E-state index contributed by atoms with van der Waals surface area (Å²) in [5, 5.41) is 2.87. The zero-order valence-electron chi connectivity index (χ0n) is 23.1. The monoisotopic (exact) mass is 535 g/mol. The minimum Gasteiger partial charge on any atom is -0.493 e. The number of methoxy groups -OCH3 is 7. The first-order chi connectivity index (χ1) is 18.9. The normalized spacial score (nSPS) is 10.8. The highest BCUT2D eigenvalue weighted by molar-refractivity contribution is 6.03. The van der Waals surface area contributed by atoms with Crippen LogP contribution in [0.2, 0.25) is 0 Å². The molecule has 206 valence electrons. The Balaban J connectivity index is 1.89. The van der Waals surface area contributed by atoms with E-state index >= 15 is 0 Å². The van der Waals surface area contributed by atoms with E-state index < -0.39 is 0 Å². The molecule has 0 aliphatic heterocycles. The van der Waals surface area contributed by atoms with Crippen LogP contribution in [-0.4, -0.2) is 55.7 Å². The standard InChI is InChI=1S/C30H33NO8/c1-33-23-12-10-19(15-24(23)34-2)11-13-28(32)31-22-14-20(16-25(35-3)29(22)38-6)8-9-21-17-26(36-4)30(39-7)27(18-21)37-5/h8-18H,1-7H3,(H,31,32)/b9-8-,13-11+. The summed E-state index contributed by atoms with van der Waals surface area (Å²) in [5.41, 5.74) is 2.81. The lowest BCUT2D eigenvalue weighted by Crippen LogP contribution is -2.09. The zero-order valence-corrected chi connectivity index (χ0v) is 23.1. The van der Waals surface area contributed by atoms with Gasteiger partial charge in [0.2, 0.25) is 11.7 Å². The maximum Gasteiger partial charge on any atom is 0.248 e. The summed E-state index contributed by atoms with van der Waals surface area (Å²) in [6.45, 7) is 0. The van der Waals surface area contributed by atoms with Gasteiger partial charge in [0.05, 0.1) is 55.5 Å². The van der Waals surface area contributed by atoms with Gasteiger partial charge in [-0.1, -0.05) is 18.2 Å². The highest BCUT2D eigenvalue weighted by Crippen LogP contribution is 2.40. The molecular formula is C30H33NO8. The smallest absolute Gasteiger partial charge is 0.248 e. The largest absolute Gasteiger partial charge is 0.493 e. The van der Waals surface area contributed by atoms with Gasteiger partial charge in [-0.2, -0.15) is 0 Å². The first kappa shape index (κ1) is 28.8. The average Bonchev–Trinajstić information content (AvgIpc) is 2.97. The second kappa shape index (κ2) is 13.7. The van der Waals surface area contributed by atoms with Crippen molar-refractivity contribution < 1.29 is 38.0 Å². The summed E-state index contributed by atoms with van der Waals surface area (Å²) >= 11 is 0. The molecule has 0 unspecified atom stereocenters. The Morgan fingerprint density at radius 2 is 1.03 bits per heavy atom. The van der Waals surface area contributed by atoms with Crippen molar-refractivity contribution in [3.8, 4) is 40.2 Å². The summed E-state index contributed by atoms with van der Waals surface area (Å²) in [6.07, 6.45) is 6.85. The van der Waals surface area contributed by atoms with Crippen LogP contribution in [0.25, 0.3) is 18.2 Å². The first-order valence-electron chi connectivity index (χ1n) is 11.9. The maximum absolute atomic E-state index is 12.8. The Kier molecular flexibility index (Phi) is 10.1. The lowest BCUT2D eigenvalue weighted by Gasteiger charge is -2.15. The SMILES string of the molecule is COc1ccc(/C=C/C(=O)Nc2cc(/C=C\c3cc(OC)c(OC)c(OC)c3)cc(OC)c2OC)cc1OC. The number of benzene rings is 3. The number of hydrogen-bond acceptors (Lipinski definition) is 8. The van der Waals surface area contributed by atoms with Crippen molar-refractivity contribution in [2.75, 3.05) is 55.1 Å². The van der Waals surface area contributed by atoms with Crippen LogP contribution in [0.3, 0.4) is 0 Å². The molecule has 0 aliphatic carbocycles. The fraction of sp³-hybridized carbons (Fsp3) is 0.233. The zero-order chi connectivity index (χ0) is 28.4.